The van der Waals surface area contributed by atoms with Gasteiger partial charge in [0.15, 0.2) is 11.5 Å². The fourth-order valence-corrected chi connectivity index (χ4v) is 3.89. The third-order valence-electron chi connectivity index (χ3n) is 5.40. The average Bonchev–Trinajstić information content (AvgIpc) is 3.17. The Morgan fingerprint density at radius 1 is 1.10 bits per heavy atom. The zero-order valence-corrected chi connectivity index (χ0v) is 16.0. The number of benzene rings is 2. The molecule has 1 amide bonds. The molecule has 1 aliphatic heterocycles. The lowest BCUT2D eigenvalue weighted by molar-refractivity contribution is -0.0512. The Balaban J connectivity index is 1.43. The van der Waals surface area contributed by atoms with Gasteiger partial charge in [-0.2, -0.15) is 8.78 Å². The smallest absolute Gasteiger partial charge is 0.387 e. The van der Waals surface area contributed by atoms with E-state index in [9.17, 15) is 13.6 Å². The van der Waals surface area contributed by atoms with E-state index in [0.717, 1.165) is 18.4 Å². The van der Waals surface area contributed by atoms with E-state index in [1.165, 1.54) is 36.4 Å². The maximum absolute atomic E-state index is 12.9. The maximum Gasteiger partial charge on any atom is 0.387 e. The summed E-state index contributed by atoms with van der Waals surface area (Å²) in [6, 6.07) is 14.6. The van der Waals surface area contributed by atoms with Gasteiger partial charge in [-0.25, -0.2) is 0 Å². The van der Waals surface area contributed by atoms with Gasteiger partial charge in [0.2, 0.25) is 0 Å². The third kappa shape index (κ3) is 4.04. The van der Waals surface area contributed by atoms with Crippen LogP contribution in [0.25, 0.3) is 10.9 Å². The van der Waals surface area contributed by atoms with Gasteiger partial charge in [0.25, 0.3) is 5.91 Å². The number of likely N-dealkylation sites (tertiary alicyclic amines) is 1. The first-order valence-electron chi connectivity index (χ1n) is 9.55. The molecule has 0 aliphatic carbocycles. The molecule has 0 spiro atoms. The lowest BCUT2D eigenvalue weighted by atomic mass is 9.93. The summed E-state index contributed by atoms with van der Waals surface area (Å²) in [5, 5.41) is 1.19. The predicted octanol–water partition coefficient (Wildman–Crippen LogP) is 4.80. The summed E-state index contributed by atoms with van der Waals surface area (Å²) in [7, 11) is 1.35. The molecule has 0 saturated carbocycles. The molecule has 2 aromatic carbocycles. The summed E-state index contributed by atoms with van der Waals surface area (Å²) in [5.74, 6) is 0.269. The van der Waals surface area contributed by atoms with Crippen molar-refractivity contribution in [2.45, 2.75) is 25.4 Å². The summed E-state index contributed by atoms with van der Waals surface area (Å²) < 4.78 is 34.5. The zero-order valence-electron chi connectivity index (χ0n) is 16.0. The molecule has 152 valence electrons. The van der Waals surface area contributed by atoms with Crippen molar-refractivity contribution in [2.75, 3.05) is 20.2 Å². The van der Waals surface area contributed by atoms with Gasteiger partial charge < -0.3 is 19.4 Å². The third-order valence-corrected chi connectivity index (χ3v) is 5.40. The number of ether oxygens (including phenoxy) is 2. The molecule has 3 aromatic rings. The first kappa shape index (κ1) is 19.2. The number of alkyl halides is 2. The number of fused-ring (bicyclic) bond motifs is 1. The molecule has 29 heavy (non-hydrogen) atoms. The van der Waals surface area contributed by atoms with Crippen molar-refractivity contribution >= 4 is 16.8 Å². The number of aromatic amines is 1. The normalized spacial score (nSPS) is 15.1. The van der Waals surface area contributed by atoms with Gasteiger partial charge >= 0.3 is 6.61 Å². The number of methoxy groups -OCH3 is 1. The van der Waals surface area contributed by atoms with E-state index in [2.05, 4.69) is 27.9 Å². The Morgan fingerprint density at radius 3 is 2.55 bits per heavy atom. The van der Waals surface area contributed by atoms with Crippen LogP contribution in [0.15, 0.2) is 48.5 Å². The molecule has 1 fully saturated rings. The van der Waals surface area contributed by atoms with Crippen LogP contribution in [0.3, 0.4) is 0 Å². The Hall–Kier alpha value is -3.09. The molecule has 1 aliphatic rings. The van der Waals surface area contributed by atoms with Crippen LogP contribution < -0.4 is 9.47 Å². The molecule has 0 unspecified atom stereocenters. The number of halogens is 2. The number of carbonyl (C=O) groups is 1. The maximum atomic E-state index is 12.9. The SMILES string of the molecule is COc1cc(C(=O)N2CCC(c3cc4ccccc4[nH]3)CC2)ccc1OC(F)F. The van der Waals surface area contributed by atoms with Gasteiger partial charge in [-0.15, -0.1) is 0 Å². The molecule has 7 heteroatoms. The highest BCUT2D eigenvalue weighted by atomic mass is 19.3. The number of para-hydroxylation sites is 1. The number of rotatable bonds is 5. The number of hydrogen-bond donors (Lipinski definition) is 1. The first-order valence-corrected chi connectivity index (χ1v) is 9.55. The highest BCUT2D eigenvalue weighted by molar-refractivity contribution is 5.95. The Morgan fingerprint density at radius 2 is 1.86 bits per heavy atom. The van der Waals surface area contributed by atoms with Crippen LogP contribution in [0, 0.1) is 0 Å². The zero-order chi connectivity index (χ0) is 20.4. The van der Waals surface area contributed by atoms with E-state index in [1.54, 1.807) is 4.90 Å². The minimum Gasteiger partial charge on any atom is -0.493 e. The molecular weight excluding hydrogens is 378 g/mol. The van der Waals surface area contributed by atoms with Gasteiger partial charge in [0, 0.05) is 35.8 Å². The van der Waals surface area contributed by atoms with Crippen LogP contribution in [0.2, 0.25) is 0 Å². The second kappa shape index (κ2) is 8.11. The summed E-state index contributed by atoms with van der Waals surface area (Å²) in [5.41, 5.74) is 2.72. The van der Waals surface area contributed by atoms with Crippen LogP contribution in [0.1, 0.15) is 34.8 Å². The standard InChI is InChI=1S/C22H22F2N2O3/c1-28-20-13-16(6-7-19(20)29-22(23)24)21(27)26-10-8-14(9-11-26)18-12-15-4-2-3-5-17(15)25-18/h2-7,12-14,22,25H,8-11H2,1H3. The largest absolute Gasteiger partial charge is 0.493 e. The van der Waals surface area contributed by atoms with Crippen LogP contribution in [0.5, 0.6) is 11.5 Å². The molecule has 0 radical (unpaired) electrons. The fraction of sp³-hybridized carbons (Fsp3) is 0.318. The van der Waals surface area contributed by atoms with Crippen molar-refractivity contribution in [1.29, 1.82) is 0 Å². The number of H-pyrrole nitrogens is 1. The Bertz CT molecular complexity index is 977. The van der Waals surface area contributed by atoms with Crippen molar-refractivity contribution in [3.8, 4) is 11.5 Å². The molecular formula is C22H22F2N2O3. The molecule has 1 aromatic heterocycles. The first-order chi connectivity index (χ1) is 14.0. The van der Waals surface area contributed by atoms with Crippen molar-refractivity contribution in [2.24, 2.45) is 0 Å². The minimum absolute atomic E-state index is 0.0865. The molecule has 0 atom stereocenters. The molecule has 4 rings (SSSR count). The van der Waals surface area contributed by atoms with E-state index in [-0.39, 0.29) is 17.4 Å². The lowest BCUT2D eigenvalue weighted by Crippen LogP contribution is -2.38. The number of carbonyl (C=O) groups excluding carboxylic acids is 1. The van der Waals surface area contributed by atoms with Crippen LogP contribution in [0.4, 0.5) is 8.78 Å². The van der Waals surface area contributed by atoms with E-state index < -0.39 is 6.61 Å². The monoisotopic (exact) mass is 400 g/mol. The van der Waals surface area contributed by atoms with Gasteiger partial charge in [0.1, 0.15) is 0 Å². The van der Waals surface area contributed by atoms with Crippen molar-refractivity contribution < 1.29 is 23.0 Å². The van der Waals surface area contributed by atoms with Crippen molar-refractivity contribution in [1.82, 2.24) is 9.88 Å². The van der Waals surface area contributed by atoms with Gasteiger partial charge in [-0.3, -0.25) is 4.79 Å². The van der Waals surface area contributed by atoms with Gasteiger partial charge in [0.05, 0.1) is 7.11 Å². The minimum atomic E-state index is -2.95. The highest BCUT2D eigenvalue weighted by Crippen LogP contribution is 2.32. The van der Waals surface area contributed by atoms with E-state index in [1.807, 2.05) is 12.1 Å². The number of piperidine rings is 1. The van der Waals surface area contributed by atoms with Crippen molar-refractivity contribution in [3.63, 3.8) is 0 Å². The quantitative estimate of drug-likeness (QED) is 0.670. The van der Waals surface area contributed by atoms with E-state index >= 15 is 0 Å². The number of nitrogens with zero attached hydrogens (tertiary/aromatic N) is 1. The average molecular weight is 400 g/mol. The number of nitrogens with one attached hydrogen (secondary N) is 1. The number of aromatic nitrogens is 1. The van der Waals surface area contributed by atoms with Gasteiger partial charge in [-0.05, 0) is 48.6 Å². The van der Waals surface area contributed by atoms with Crippen LogP contribution >= 0.6 is 0 Å². The van der Waals surface area contributed by atoms with Crippen LogP contribution in [-0.4, -0.2) is 42.6 Å². The summed E-state index contributed by atoms with van der Waals surface area (Å²) in [6.07, 6.45) is 1.73. The van der Waals surface area contributed by atoms with E-state index in [0.29, 0.717) is 24.6 Å². The summed E-state index contributed by atoms with van der Waals surface area (Å²) in [6.45, 7) is -1.68. The lowest BCUT2D eigenvalue weighted by Gasteiger charge is -2.31. The molecule has 2 heterocycles. The molecule has 5 nitrogen and oxygen atoms in total. The van der Waals surface area contributed by atoms with E-state index in [4.69, 9.17) is 4.74 Å². The Labute approximate surface area is 167 Å². The second-order valence-electron chi connectivity index (χ2n) is 7.12. The summed E-state index contributed by atoms with van der Waals surface area (Å²) in [4.78, 5) is 18.1. The topological polar surface area (TPSA) is 54.6 Å². The second-order valence-corrected chi connectivity index (χ2v) is 7.12. The fourth-order valence-electron chi connectivity index (χ4n) is 3.89. The molecule has 0 bridgehead atoms. The van der Waals surface area contributed by atoms with Crippen molar-refractivity contribution in [3.05, 3.63) is 59.8 Å². The predicted molar refractivity (Wildman–Crippen MR) is 106 cm³/mol. The summed E-state index contributed by atoms with van der Waals surface area (Å²) >= 11 is 0. The molecule has 1 saturated heterocycles. The highest BCUT2D eigenvalue weighted by Gasteiger charge is 2.26. The number of amides is 1. The van der Waals surface area contributed by atoms with Gasteiger partial charge in [-0.1, -0.05) is 18.2 Å². The number of hydrogen-bond acceptors (Lipinski definition) is 3. The van der Waals surface area contributed by atoms with Crippen LogP contribution in [-0.2, 0) is 0 Å². The molecule has 1 N–H and O–H groups in total. The Kier molecular flexibility index (Phi) is 5.38.